The molecule has 1 aromatic rings. The fourth-order valence-electron chi connectivity index (χ4n) is 3.06. The molecule has 1 aliphatic heterocycles. The van der Waals surface area contributed by atoms with Crippen molar-refractivity contribution < 1.29 is 13.9 Å². The van der Waals surface area contributed by atoms with Gasteiger partial charge in [0.2, 0.25) is 0 Å². The molecule has 1 aromatic heterocycles. The van der Waals surface area contributed by atoms with E-state index in [1.165, 1.54) is 17.9 Å². The number of hydrogen-bond donors (Lipinski definition) is 0. The number of nitrogens with zero attached hydrogens (tertiary/aromatic N) is 3. The lowest BCUT2D eigenvalue weighted by Gasteiger charge is -2.42. The number of esters is 1. The molecule has 0 aliphatic carbocycles. The molecule has 0 unspecified atom stereocenters. The summed E-state index contributed by atoms with van der Waals surface area (Å²) >= 11 is 0. The SMILES string of the molecule is COC(=O)[C@H](CC(C)C)n1cc(CCN2CC(C)(F)C2)cnc1=O. The Labute approximate surface area is 141 Å². The van der Waals surface area contributed by atoms with Crippen LogP contribution in [0.15, 0.2) is 17.2 Å². The van der Waals surface area contributed by atoms with E-state index >= 15 is 0 Å². The first kappa shape index (κ1) is 18.6. The van der Waals surface area contributed by atoms with Gasteiger partial charge in [0.15, 0.2) is 0 Å². The van der Waals surface area contributed by atoms with E-state index in [9.17, 15) is 14.0 Å². The molecule has 0 bridgehead atoms. The van der Waals surface area contributed by atoms with Crippen molar-refractivity contribution in [3.05, 3.63) is 28.4 Å². The van der Waals surface area contributed by atoms with Crippen LogP contribution in [0.5, 0.6) is 0 Å². The Morgan fingerprint density at radius 3 is 2.67 bits per heavy atom. The highest BCUT2D eigenvalue weighted by Crippen LogP contribution is 2.24. The van der Waals surface area contributed by atoms with Gasteiger partial charge in [-0.1, -0.05) is 13.8 Å². The van der Waals surface area contributed by atoms with Crippen LogP contribution in [-0.2, 0) is 16.0 Å². The number of ether oxygens (including phenoxy) is 1. The lowest BCUT2D eigenvalue weighted by Crippen LogP contribution is -2.57. The number of carbonyl (C=O) groups is 1. The molecule has 0 amide bonds. The quantitative estimate of drug-likeness (QED) is 0.706. The van der Waals surface area contributed by atoms with Crippen molar-refractivity contribution in [2.45, 2.75) is 45.3 Å². The molecule has 2 rings (SSSR count). The summed E-state index contributed by atoms with van der Waals surface area (Å²) in [6, 6.07) is -0.673. The molecule has 1 atom stereocenters. The van der Waals surface area contributed by atoms with Crippen LogP contribution < -0.4 is 5.69 Å². The summed E-state index contributed by atoms with van der Waals surface area (Å²) in [6.07, 6.45) is 4.35. The fraction of sp³-hybridized carbons (Fsp3) is 0.706. The molecule has 0 radical (unpaired) electrons. The van der Waals surface area contributed by atoms with Gasteiger partial charge in [-0.05, 0) is 31.2 Å². The Balaban J connectivity index is 2.11. The highest BCUT2D eigenvalue weighted by atomic mass is 19.1. The van der Waals surface area contributed by atoms with Crippen LogP contribution in [0.25, 0.3) is 0 Å². The maximum absolute atomic E-state index is 13.5. The van der Waals surface area contributed by atoms with Crippen LogP contribution >= 0.6 is 0 Å². The first-order chi connectivity index (χ1) is 11.2. The van der Waals surface area contributed by atoms with Crippen LogP contribution in [-0.4, -0.2) is 52.8 Å². The average Bonchev–Trinajstić information content (AvgIpc) is 2.49. The lowest BCUT2D eigenvalue weighted by atomic mass is 9.98. The molecule has 0 N–H and O–H groups in total. The van der Waals surface area contributed by atoms with Crippen LogP contribution in [0, 0.1) is 5.92 Å². The molecule has 1 saturated heterocycles. The Morgan fingerprint density at radius 2 is 2.12 bits per heavy atom. The standard InChI is InChI=1S/C17H26FN3O3/c1-12(2)7-14(15(22)24-4)21-9-13(8-19-16(21)23)5-6-20-10-17(3,18)11-20/h8-9,12,14H,5-7,10-11H2,1-4H3/t14-/m0/s1. The van der Waals surface area contributed by atoms with Gasteiger partial charge in [-0.15, -0.1) is 0 Å². The smallest absolute Gasteiger partial charge is 0.348 e. The Hall–Kier alpha value is -1.76. The number of hydrogen-bond acceptors (Lipinski definition) is 5. The van der Waals surface area contributed by atoms with Crippen molar-refractivity contribution in [1.29, 1.82) is 0 Å². The number of halogens is 1. The molecule has 24 heavy (non-hydrogen) atoms. The Bertz CT molecular complexity index is 634. The van der Waals surface area contributed by atoms with Gasteiger partial charge in [0, 0.05) is 32.0 Å². The zero-order chi connectivity index (χ0) is 17.9. The minimum absolute atomic E-state index is 0.230. The van der Waals surface area contributed by atoms with E-state index in [4.69, 9.17) is 4.74 Å². The number of likely N-dealkylation sites (tertiary alicyclic amines) is 1. The molecule has 0 aromatic carbocycles. The summed E-state index contributed by atoms with van der Waals surface area (Å²) in [7, 11) is 1.32. The summed E-state index contributed by atoms with van der Waals surface area (Å²) < 4.78 is 19.7. The van der Waals surface area contributed by atoms with E-state index in [0.717, 1.165) is 5.56 Å². The summed E-state index contributed by atoms with van der Waals surface area (Å²) in [4.78, 5) is 30.0. The monoisotopic (exact) mass is 339 g/mol. The van der Waals surface area contributed by atoms with Gasteiger partial charge in [0.05, 0.1) is 7.11 Å². The summed E-state index contributed by atoms with van der Waals surface area (Å²) in [5.41, 5.74) is -0.709. The van der Waals surface area contributed by atoms with Crippen molar-refractivity contribution in [1.82, 2.24) is 14.5 Å². The van der Waals surface area contributed by atoms with Crippen molar-refractivity contribution in [2.24, 2.45) is 5.92 Å². The minimum Gasteiger partial charge on any atom is -0.467 e. The largest absolute Gasteiger partial charge is 0.467 e. The zero-order valence-electron chi connectivity index (χ0n) is 14.8. The van der Waals surface area contributed by atoms with Crippen molar-refractivity contribution in [2.75, 3.05) is 26.7 Å². The van der Waals surface area contributed by atoms with Crippen molar-refractivity contribution in [3.8, 4) is 0 Å². The molecule has 1 aliphatic rings. The third-order valence-corrected chi connectivity index (χ3v) is 4.19. The van der Waals surface area contributed by atoms with Gasteiger partial charge in [-0.2, -0.15) is 0 Å². The van der Waals surface area contributed by atoms with Gasteiger partial charge in [0.25, 0.3) is 0 Å². The number of rotatable bonds is 7. The number of carbonyl (C=O) groups excluding carboxylic acids is 1. The molecule has 6 nitrogen and oxygen atoms in total. The van der Waals surface area contributed by atoms with E-state index in [1.54, 1.807) is 13.1 Å². The van der Waals surface area contributed by atoms with Gasteiger partial charge in [-0.25, -0.2) is 19.0 Å². The molecule has 134 valence electrons. The predicted octanol–water partition coefficient (Wildman–Crippen LogP) is 1.59. The molecule has 2 heterocycles. The van der Waals surface area contributed by atoms with Crippen LogP contribution in [0.4, 0.5) is 4.39 Å². The maximum atomic E-state index is 13.5. The third kappa shape index (κ3) is 4.63. The number of methoxy groups -OCH3 is 1. The second kappa shape index (κ2) is 7.42. The zero-order valence-corrected chi connectivity index (χ0v) is 14.8. The first-order valence-corrected chi connectivity index (χ1v) is 8.28. The van der Waals surface area contributed by atoms with Gasteiger partial charge in [-0.3, -0.25) is 9.47 Å². The fourth-order valence-corrected chi connectivity index (χ4v) is 3.06. The van der Waals surface area contributed by atoms with E-state index in [0.29, 0.717) is 32.5 Å². The summed E-state index contributed by atoms with van der Waals surface area (Å²) in [5.74, 6) is -0.214. The lowest BCUT2D eigenvalue weighted by molar-refractivity contribution is -0.145. The molecular formula is C17H26FN3O3. The molecule has 0 saturated carbocycles. The van der Waals surface area contributed by atoms with Gasteiger partial charge in [0.1, 0.15) is 11.7 Å². The molecule has 7 heteroatoms. The number of aromatic nitrogens is 2. The van der Waals surface area contributed by atoms with Gasteiger partial charge >= 0.3 is 11.7 Å². The summed E-state index contributed by atoms with van der Waals surface area (Å²) in [5, 5.41) is 0. The van der Waals surface area contributed by atoms with E-state index < -0.39 is 23.4 Å². The molecular weight excluding hydrogens is 313 g/mol. The second-order valence-electron chi connectivity index (χ2n) is 7.19. The van der Waals surface area contributed by atoms with E-state index in [2.05, 4.69) is 4.98 Å². The molecule has 0 spiro atoms. The topological polar surface area (TPSA) is 64.4 Å². The summed E-state index contributed by atoms with van der Waals surface area (Å²) in [6.45, 7) is 7.12. The van der Waals surface area contributed by atoms with Crippen LogP contribution in [0.2, 0.25) is 0 Å². The van der Waals surface area contributed by atoms with Crippen LogP contribution in [0.1, 0.15) is 38.8 Å². The average molecular weight is 339 g/mol. The van der Waals surface area contributed by atoms with Gasteiger partial charge < -0.3 is 4.74 Å². The first-order valence-electron chi connectivity index (χ1n) is 8.28. The maximum Gasteiger partial charge on any atom is 0.348 e. The second-order valence-corrected chi connectivity index (χ2v) is 7.19. The predicted molar refractivity (Wildman–Crippen MR) is 88.7 cm³/mol. The van der Waals surface area contributed by atoms with Crippen LogP contribution in [0.3, 0.4) is 0 Å². The Kier molecular flexibility index (Phi) is 5.74. The highest BCUT2D eigenvalue weighted by Gasteiger charge is 2.38. The van der Waals surface area contributed by atoms with E-state index in [-0.39, 0.29) is 5.92 Å². The van der Waals surface area contributed by atoms with E-state index in [1.807, 2.05) is 18.7 Å². The Morgan fingerprint density at radius 1 is 1.46 bits per heavy atom. The highest BCUT2D eigenvalue weighted by molar-refractivity contribution is 5.74. The van der Waals surface area contributed by atoms with Crippen molar-refractivity contribution >= 4 is 5.97 Å². The molecule has 1 fully saturated rings. The third-order valence-electron chi connectivity index (χ3n) is 4.19. The normalized spacial score (nSPS) is 18.2. The number of alkyl halides is 1. The van der Waals surface area contributed by atoms with Crippen molar-refractivity contribution in [3.63, 3.8) is 0 Å². The minimum atomic E-state index is -1.09.